The summed E-state index contributed by atoms with van der Waals surface area (Å²) < 4.78 is 18.1. The number of aliphatic hydroxyl groups is 1. The highest BCUT2D eigenvalue weighted by atomic mass is 16.6. The Labute approximate surface area is 233 Å². The van der Waals surface area contributed by atoms with E-state index < -0.39 is 28.8 Å². The molecular formula is C29H38N4O7. The van der Waals surface area contributed by atoms with Crippen LogP contribution in [0.5, 0.6) is 0 Å². The van der Waals surface area contributed by atoms with Crippen LogP contribution in [0.4, 0.5) is 4.79 Å². The first kappa shape index (κ1) is 29.1. The van der Waals surface area contributed by atoms with Crippen LogP contribution in [-0.2, 0) is 32.7 Å². The zero-order valence-corrected chi connectivity index (χ0v) is 24.2. The first-order chi connectivity index (χ1) is 18.7. The summed E-state index contributed by atoms with van der Waals surface area (Å²) in [6, 6.07) is 7.10. The summed E-state index contributed by atoms with van der Waals surface area (Å²) in [5, 5.41) is 12.2. The van der Waals surface area contributed by atoms with Gasteiger partial charge in [-0.05, 0) is 58.7 Å². The number of aromatic nitrogens is 2. The third-order valence-corrected chi connectivity index (χ3v) is 6.82. The molecular weight excluding hydrogens is 516 g/mol. The molecule has 3 aromatic rings. The van der Waals surface area contributed by atoms with Gasteiger partial charge in [-0.25, -0.2) is 14.5 Å². The van der Waals surface area contributed by atoms with Gasteiger partial charge in [-0.3, -0.25) is 9.59 Å². The van der Waals surface area contributed by atoms with E-state index in [1.165, 1.54) is 7.11 Å². The monoisotopic (exact) mass is 554 g/mol. The second-order valence-corrected chi connectivity index (χ2v) is 11.4. The highest BCUT2D eigenvalue weighted by Crippen LogP contribution is 2.29. The second kappa shape index (κ2) is 11.0. The molecule has 4 rings (SSSR count). The third-order valence-electron chi connectivity index (χ3n) is 6.82. The lowest BCUT2D eigenvalue weighted by Crippen LogP contribution is -2.56. The number of carbonyl (C=O) groups excluding carboxylic acids is 2. The summed E-state index contributed by atoms with van der Waals surface area (Å²) in [5.41, 5.74) is 0.885. The number of fused-ring (bicyclic) bond motifs is 1. The average Bonchev–Trinajstić information content (AvgIpc) is 3.34. The number of ether oxygens (including phenoxy) is 2. The Balaban J connectivity index is 1.77. The second-order valence-electron chi connectivity index (χ2n) is 11.4. The minimum Gasteiger partial charge on any atom is -0.469 e. The van der Waals surface area contributed by atoms with Gasteiger partial charge in [0.2, 0.25) is 11.5 Å². The molecule has 3 heterocycles. The molecule has 11 nitrogen and oxygen atoms in total. The molecule has 0 unspecified atom stereocenters. The van der Waals surface area contributed by atoms with E-state index in [4.69, 9.17) is 13.9 Å². The van der Waals surface area contributed by atoms with E-state index in [9.17, 15) is 19.5 Å². The van der Waals surface area contributed by atoms with Gasteiger partial charge in [0.15, 0.2) is 0 Å². The quantitative estimate of drug-likeness (QED) is 0.456. The zero-order valence-electron chi connectivity index (χ0n) is 24.2. The lowest BCUT2D eigenvalue weighted by molar-refractivity contribution is -0.139. The minimum atomic E-state index is -1.01. The molecule has 0 bridgehead atoms. The number of benzene rings is 1. The van der Waals surface area contributed by atoms with Crippen LogP contribution in [-0.4, -0.2) is 70.6 Å². The highest BCUT2D eigenvalue weighted by molar-refractivity contribution is 5.85. The molecule has 11 heteroatoms. The maximum atomic E-state index is 13.9. The van der Waals surface area contributed by atoms with Crippen molar-refractivity contribution >= 4 is 23.2 Å². The molecule has 0 spiro atoms. The average molecular weight is 555 g/mol. The van der Waals surface area contributed by atoms with E-state index in [1.807, 2.05) is 32.7 Å². The Morgan fingerprint density at radius 1 is 1.05 bits per heavy atom. The molecule has 1 aromatic carbocycles. The normalized spacial score (nSPS) is 14.5. The predicted octanol–water partition coefficient (Wildman–Crippen LogP) is 3.35. The Morgan fingerprint density at radius 3 is 2.20 bits per heavy atom. The molecule has 1 saturated heterocycles. The van der Waals surface area contributed by atoms with Crippen LogP contribution in [0.1, 0.15) is 58.4 Å². The standard InChI is InChI=1S/C29H38N4O7/c1-8-21-20(17-22(34)38-7)23-24(39-25(30-23)18-9-11-19(12-10-18)29(5,6)37)26(35)33(21)32-15-13-31(14-16-32)27(36)40-28(2,3)4/h9-12,37H,8,13-17H2,1-7H3. The van der Waals surface area contributed by atoms with Gasteiger partial charge < -0.3 is 28.9 Å². The Kier molecular flexibility index (Phi) is 7.98. The van der Waals surface area contributed by atoms with Crippen LogP contribution in [0.2, 0.25) is 0 Å². The fourth-order valence-electron chi connectivity index (χ4n) is 4.77. The molecule has 40 heavy (non-hydrogen) atoms. The van der Waals surface area contributed by atoms with Crippen molar-refractivity contribution in [1.29, 1.82) is 0 Å². The van der Waals surface area contributed by atoms with E-state index in [0.29, 0.717) is 54.9 Å². The van der Waals surface area contributed by atoms with E-state index in [-0.39, 0.29) is 17.9 Å². The number of piperazine rings is 1. The number of methoxy groups -OCH3 is 1. The number of pyridine rings is 1. The van der Waals surface area contributed by atoms with Gasteiger partial charge in [0.1, 0.15) is 11.1 Å². The topological polar surface area (TPSA) is 127 Å². The molecule has 1 aliphatic heterocycles. The smallest absolute Gasteiger partial charge is 0.410 e. The maximum Gasteiger partial charge on any atom is 0.410 e. The molecule has 1 N–H and O–H groups in total. The van der Waals surface area contributed by atoms with Crippen molar-refractivity contribution in [3.63, 3.8) is 0 Å². The third kappa shape index (κ3) is 5.99. The zero-order chi connectivity index (χ0) is 29.4. The maximum absolute atomic E-state index is 13.9. The number of carbonyl (C=O) groups is 2. The van der Waals surface area contributed by atoms with Gasteiger partial charge in [0, 0.05) is 29.9 Å². The van der Waals surface area contributed by atoms with Gasteiger partial charge in [-0.2, -0.15) is 0 Å². The molecule has 1 aliphatic rings. The Morgan fingerprint density at radius 2 is 1.68 bits per heavy atom. The Bertz CT molecular complexity index is 1450. The summed E-state index contributed by atoms with van der Waals surface area (Å²) in [5.74, 6) is -0.231. The van der Waals surface area contributed by atoms with E-state index in [1.54, 1.807) is 47.7 Å². The molecule has 216 valence electrons. The fraction of sp³-hybridized carbons (Fsp3) is 0.517. The van der Waals surface area contributed by atoms with Crippen molar-refractivity contribution < 1.29 is 28.6 Å². The van der Waals surface area contributed by atoms with Crippen molar-refractivity contribution in [2.24, 2.45) is 0 Å². The number of oxazole rings is 1. The Hall–Kier alpha value is -3.86. The van der Waals surface area contributed by atoms with Gasteiger partial charge in [0.25, 0.3) is 0 Å². The van der Waals surface area contributed by atoms with Crippen molar-refractivity contribution in [3.05, 3.63) is 51.4 Å². The summed E-state index contributed by atoms with van der Waals surface area (Å²) in [7, 11) is 1.31. The first-order valence-corrected chi connectivity index (χ1v) is 13.4. The largest absolute Gasteiger partial charge is 0.469 e. The van der Waals surface area contributed by atoms with Gasteiger partial charge in [0.05, 0.1) is 32.2 Å². The van der Waals surface area contributed by atoms with Crippen LogP contribution in [0.15, 0.2) is 33.5 Å². The predicted molar refractivity (Wildman–Crippen MR) is 150 cm³/mol. The van der Waals surface area contributed by atoms with Crippen molar-refractivity contribution in [1.82, 2.24) is 14.6 Å². The van der Waals surface area contributed by atoms with Gasteiger partial charge in [-0.1, -0.05) is 19.1 Å². The van der Waals surface area contributed by atoms with Crippen LogP contribution in [0, 0.1) is 0 Å². The van der Waals surface area contributed by atoms with Crippen molar-refractivity contribution in [2.45, 2.75) is 65.6 Å². The lowest BCUT2D eigenvalue weighted by atomic mass is 9.97. The first-order valence-electron chi connectivity index (χ1n) is 13.4. The van der Waals surface area contributed by atoms with Crippen LogP contribution >= 0.6 is 0 Å². The van der Waals surface area contributed by atoms with E-state index in [2.05, 4.69) is 4.98 Å². The van der Waals surface area contributed by atoms with E-state index >= 15 is 0 Å². The number of hydrogen-bond donors (Lipinski definition) is 1. The number of amides is 1. The number of rotatable bonds is 6. The lowest BCUT2D eigenvalue weighted by Gasteiger charge is -2.38. The molecule has 0 atom stereocenters. The molecule has 1 fully saturated rings. The molecule has 0 saturated carbocycles. The van der Waals surface area contributed by atoms with Gasteiger partial charge in [-0.15, -0.1) is 0 Å². The summed E-state index contributed by atoms with van der Waals surface area (Å²) >= 11 is 0. The molecule has 0 radical (unpaired) electrons. The van der Waals surface area contributed by atoms with Gasteiger partial charge >= 0.3 is 17.6 Å². The van der Waals surface area contributed by atoms with E-state index in [0.717, 1.165) is 5.56 Å². The summed E-state index contributed by atoms with van der Waals surface area (Å²) in [4.78, 5) is 45.2. The van der Waals surface area contributed by atoms with Crippen molar-refractivity contribution in [3.8, 4) is 11.5 Å². The van der Waals surface area contributed by atoms with Crippen molar-refractivity contribution in [2.75, 3.05) is 38.3 Å². The number of hydrogen-bond acceptors (Lipinski definition) is 9. The van der Waals surface area contributed by atoms with Crippen LogP contribution < -0.4 is 10.6 Å². The summed E-state index contributed by atoms with van der Waals surface area (Å²) in [6.45, 7) is 12.3. The molecule has 2 aromatic heterocycles. The fourth-order valence-corrected chi connectivity index (χ4v) is 4.77. The molecule has 0 aliphatic carbocycles. The summed E-state index contributed by atoms with van der Waals surface area (Å²) in [6.07, 6.45) is -0.0305. The SMILES string of the molecule is CCc1c(CC(=O)OC)c2nc(-c3ccc(C(C)(C)O)cc3)oc2c(=O)n1N1CCN(C(=O)OC(C)(C)C)CC1. The van der Waals surface area contributed by atoms with Crippen LogP contribution in [0.25, 0.3) is 22.6 Å². The number of nitrogens with zero attached hydrogens (tertiary/aromatic N) is 4. The minimum absolute atomic E-state index is 0.0345. The van der Waals surface area contributed by atoms with Crippen LogP contribution in [0.3, 0.4) is 0 Å². The molecule has 1 amide bonds. The number of esters is 1. The highest BCUT2D eigenvalue weighted by Gasteiger charge is 2.30.